The summed E-state index contributed by atoms with van der Waals surface area (Å²) in [5, 5.41) is 0. The first-order valence-electron chi connectivity index (χ1n) is 23.2. The summed E-state index contributed by atoms with van der Waals surface area (Å²) in [5.41, 5.74) is 16.5. The third-order valence-corrected chi connectivity index (χ3v) is 12.7. The van der Waals surface area contributed by atoms with Crippen molar-refractivity contribution >= 4 is 0 Å². The van der Waals surface area contributed by atoms with Crippen molar-refractivity contribution in [1.82, 2.24) is 9.13 Å². The van der Waals surface area contributed by atoms with Crippen LogP contribution in [0.15, 0.2) is 97.6 Å². The monoisotopic (exact) mass is 805 g/mol. The Morgan fingerprint density at radius 2 is 0.550 bits per heavy atom. The van der Waals surface area contributed by atoms with Crippen molar-refractivity contribution in [3.05, 3.63) is 154 Å². The minimum absolute atomic E-state index is 0.375. The largest absolute Gasteiger partial charge is 0.267 e. The fourth-order valence-electron chi connectivity index (χ4n) is 9.52. The normalized spacial score (nSPS) is 12.3. The van der Waals surface area contributed by atoms with Crippen LogP contribution in [-0.2, 0) is 12.8 Å². The van der Waals surface area contributed by atoms with Gasteiger partial charge in [-0.15, -0.1) is 0 Å². The van der Waals surface area contributed by atoms with Crippen LogP contribution in [0, 0.1) is 0 Å². The molecule has 4 heteroatoms. The van der Waals surface area contributed by atoms with Crippen LogP contribution in [0.3, 0.4) is 0 Å². The lowest BCUT2D eigenvalue weighted by atomic mass is 9.91. The Labute approximate surface area is 364 Å². The highest BCUT2D eigenvalue weighted by Crippen LogP contribution is 2.36. The molecule has 0 unspecified atom stereocenters. The first kappa shape index (κ1) is 44.8. The fourth-order valence-corrected chi connectivity index (χ4v) is 9.52. The molecule has 6 rings (SSSR count). The maximum absolute atomic E-state index is 2.58. The van der Waals surface area contributed by atoms with Crippen LogP contribution in [-0.4, -0.2) is 9.13 Å². The standard InChI is InChI=1S/C56H76N4/c1-35(2)43-21-17-22-44(36(3)4)53(43)57-31-32-58(54-45(37(5)6)23-18-24-46(54)38(7)8)51(57)29-30-52-59(55-47(39(9)10)25-19-26-48(55)40(11)12)33-34-60(52)56-49(41(13)14)27-20-28-50(56)42(15)16/h17-28,31-42H,29-30H2,1-16H3/q+2. The van der Waals surface area contributed by atoms with Crippen LogP contribution in [0.2, 0.25) is 0 Å². The van der Waals surface area contributed by atoms with Crippen molar-refractivity contribution in [1.29, 1.82) is 0 Å². The van der Waals surface area contributed by atoms with Crippen molar-refractivity contribution in [2.75, 3.05) is 0 Å². The van der Waals surface area contributed by atoms with Crippen LogP contribution in [0.5, 0.6) is 0 Å². The lowest BCUT2D eigenvalue weighted by molar-refractivity contribution is -0.610. The van der Waals surface area contributed by atoms with E-state index in [1.54, 1.807) is 0 Å². The Hall–Kier alpha value is -4.70. The quantitative estimate of drug-likeness (QED) is 0.0920. The number of hydrogen-bond acceptors (Lipinski definition) is 0. The van der Waals surface area contributed by atoms with E-state index in [1.807, 2.05) is 0 Å². The highest BCUT2D eigenvalue weighted by Gasteiger charge is 2.34. The van der Waals surface area contributed by atoms with Crippen molar-refractivity contribution in [3.63, 3.8) is 0 Å². The van der Waals surface area contributed by atoms with Gasteiger partial charge in [-0.25, -0.2) is 0 Å². The fraction of sp³-hybridized carbons (Fsp3) is 0.464. The highest BCUT2D eigenvalue weighted by atomic mass is 15.2. The molecule has 0 fully saturated rings. The Kier molecular flexibility index (Phi) is 13.8. The molecule has 0 amide bonds. The number of imidazole rings is 2. The van der Waals surface area contributed by atoms with Crippen LogP contribution in [0.4, 0.5) is 0 Å². The van der Waals surface area contributed by atoms with E-state index in [2.05, 4.69) is 227 Å². The summed E-state index contributed by atoms with van der Waals surface area (Å²) >= 11 is 0. The summed E-state index contributed by atoms with van der Waals surface area (Å²) in [6.45, 7) is 37.5. The number of benzene rings is 4. The minimum Gasteiger partial charge on any atom is -0.199 e. The van der Waals surface area contributed by atoms with Crippen molar-refractivity contribution in [2.45, 2.75) is 171 Å². The molecule has 2 heterocycles. The van der Waals surface area contributed by atoms with E-state index in [0.29, 0.717) is 47.3 Å². The van der Waals surface area contributed by atoms with Gasteiger partial charge in [0.1, 0.15) is 47.5 Å². The molecule has 0 aliphatic heterocycles. The number of hydrogen-bond donors (Lipinski definition) is 0. The third kappa shape index (κ3) is 8.59. The second-order valence-corrected chi connectivity index (χ2v) is 19.8. The SMILES string of the molecule is CC(C)c1cccc(C(C)C)c1-n1cc[n+](-c2c(C(C)C)cccc2C(C)C)c1CCc1n(-c2c(C(C)C)cccc2C(C)C)cc[n+]1-c1c(C(C)C)cccc1C(C)C. The van der Waals surface area contributed by atoms with Gasteiger partial charge in [0, 0.05) is 44.5 Å². The summed E-state index contributed by atoms with van der Waals surface area (Å²) < 4.78 is 10.3. The maximum Gasteiger partial charge on any atom is 0.267 e. The van der Waals surface area contributed by atoms with E-state index >= 15 is 0 Å². The molecule has 0 aliphatic rings. The molecule has 318 valence electrons. The molecule has 60 heavy (non-hydrogen) atoms. The first-order chi connectivity index (χ1) is 28.5. The summed E-state index contributed by atoms with van der Waals surface area (Å²) in [6, 6.07) is 27.9. The first-order valence-corrected chi connectivity index (χ1v) is 23.2. The molecule has 4 nitrogen and oxygen atoms in total. The van der Waals surface area contributed by atoms with Gasteiger partial charge in [-0.2, -0.15) is 18.3 Å². The summed E-state index contributed by atoms with van der Waals surface area (Å²) in [5.74, 6) is 5.61. The Morgan fingerprint density at radius 1 is 0.333 bits per heavy atom. The predicted molar refractivity (Wildman–Crippen MR) is 255 cm³/mol. The molecule has 0 atom stereocenters. The average molecular weight is 805 g/mol. The third-order valence-electron chi connectivity index (χ3n) is 12.7. The van der Waals surface area contributed by atoms with Gasteiger partial charge in [0.05, 0.1) is 12.8 Å². The van der Waals surface area contributed by atoms with E-state index < -0.39 is 0 Å². The molecule has 0 saturated carbocycles. The van der Waals surface area contributed by atoms with Gasteiger partial charge < -0.3 is 0 Å². The van der Waals surface area contributed by atoms with Crippen molar-refractivity contribution < 1.29 is 9.13 Å². The van der Waals surface area contributed by atoms with Gasteiger partial charge in [0.25, 0.3) is 11.6 Å². The van der Waals surface area contributed by atoms with E-state index in [4.69, 9.17) is 0 Å². The molecule has 0 spiro atoms. The van der Waals surface area contributed by atoms with Gasteiger partial charge in [-0.3, -0.25) is 0 Å². The molecule has 0 saturated heterocycles. The second-order valence-electron chi connectivity index (χ2n) is 19.8. The number of para-hydroxylation sites is 4. The minimum atomic E-state index is 0.375. The van der Waals surface area contributed by atoms with Crippen LogP contribution < -0.4 is 9.13 Å². The predicted octanol–water partition coefficient (Wildman–Crippen LogP) is 14.6. The lowest BCUT2D eigenvalue weighted by Gasteiger charge is -2.21. The van der Waals surface area contributed by atoms with E-state index in [-0.39, 0.29) is 0 Å². The molecule has 0 bridgehead atoms. The summed E-state index contributed by atoms with van der Waals surface area (Å²) in [4.78, 5) is 0. The van der Waals surface area contributed by atoms with Crippen LogP contribution in [0.25, 0.3) is 22.7 Å². The molecule has 0 aliphatic carbocycles. The van der Waals surface area contributed by atoms with Gasteiger partial charge in [-0.05, 0) is 47.3 Å². The Morgan fingerprint density at radius 3 is 0.767 bits per heavy atom. The Balaban J connectivity index is 1.72. The molecule has 0 radical (unpaired) electrons. The zero-order chi connectivity index (χ0) is 43.7. The molecule has 6 aromatic rings. The molecule has 4 aromatic carbocycles. The highest BCUT2D eigenvalue weighted by molar-refractivity contribution is 5.54. The number of rotatable bonds is 15. The summed E-state index contributed by atoms with van der Waals surface area (Å²) in [6.07, 6.45) is 11.2. The topological polar surface area (TPSA) is 17.6 Å². The molecular formula is C56H76N4+2. The Bertz CT molecular complexity index is 1970. The van der Waals surface area contributed by atoms with Crippen LogP contribution >= 0.6 is 0 Å². The molecular weight excluding hydrogens is 729 g/mol. The van der Waals surface area contributed by atoms with Crippen molar-refractivity contribution in [3.8, 4) is 22.7 Å². The van der Waals surface area contributed by atoms with Crippen molar-refractivity contribution in [2.24, 2.45) is 0 Å². The van der Waals surface area contributed by atoms with Gasteiger partial charge in [0.15, 0.2) is 0 Å². The molecule has 2 aromatic heterocycles. The molecule has 0 N–H and O–H groups in total. The maximum atomic E-state index is 2.58. The van der Waals surface area contributed by atoms with E-state index in [1.165, 1.54) is 78.9 Å². The zero-order valence-electron chi connectivity index (χ0n) is 40.1. The van der Waals surface area contributed by atoms with Gasteiger partial charge >= 0.3 is 0 Å². The van der Waals surface area contributed by atoms with Gasteiger partial charge in [0.2, 0.25) is 0 Å². The second kappa shape index (κ2) is 18.5. The van der Waals surface area contributed by atoms with Gasteiger partial charge in [-0.1, -0.05) is 184 Å². The average Bonchev–Trinajstić information content (AvgIpc) is 3.82. The van der Waals surface area contributed by atoms with E-state index in [9.17, 15) is 0 Å². The lowest BCUT2D eigenvalue weighted by Crippen LogP contribution is -2.40. The zero-order valence-corrected chi connectivity index (χ0v) is 40.1. The summed E-state index contributed by atoms with van der Waals surface area (Å²) in [7, 11) is 0. The number of aromatic nitrogens is 4. The number of nitrogens with zero attached hydrogens (tertiary/aromatic N) is 4. The van der Waals surface area contributed by atoms with Crippen LogP contribution in [0.1, 0.15) is 214 Å². The smallest absolute Gasteiger partial charge is 0.199 e. The van der Waals surface area contributed by atoms with E-state index in [0.717, 1.165) is 12.8 Å².